The molecule has 0 saturated heterocycles. The van der Waals surface area contributed by atoms with E-state index in [1.165, 1.54) is 12.5 Å². The molecule has 7 heteroatoms. The van der Waals surface area contributed by atoms with Crippen molar-refractivity contribution in [1.82, 2.24) is 9.88 Å². The largest absolute Gasteiger partial charge is 0.479 e. The van der Waals surface area contributed by atoms with Gasteiger partial charge in [-0.3, -0.25) is 4.79 Å². The molecule has 1 amide bonds. The SMILES string of the molecule is Cc1c(C)n(Cc2ccc(O[C@@H](C)C(=O)O)c(Cl)c2)c2ccc(C(=O)N[C@@H](C)c3ccc(C(C)(C)C)cc3)cc12. The van der Waals surface area contributed by atoms with Gasteiger partial charge in [-0.05, 0) is 85.7 Å². The molecule has 2 N–H and O–H groups in total. The van der Waals surface area contributed by atoms with Gasteiger partial charge in [0.15, 0.2) is 6.10 Å². The fourth-order valence-corrected chi connectivity index (χ4v) is 5.04. The molecule has 2 atom stereocenters. The maximum absolute atomic E-state index is 13.2. The van der Waals surface area contributed by atoms with Crippen LogP contribution in [-0.4, -0.2) is 27.7 Å². The summed E-state index contributed by atoms with van der Waals surface area (Å²) in [6.45, 7) is 14.7. The van der Waals surface area contributed by atoms with E-state index < -0.39 is 12.1 Å². The summed E-state index contributed by atoms with van der Waals surface area (Å²) >= 11 is 6.40. The van der Waals surface area contributed by atoms with E-state index in [0.717, 1.165) is 33.3 Å². The van der Waals surface area contributed by atoms with Crippen molar-refractivity contribution in [2.75, 3.05) is 0 Å². The lowest BCUT2D eigenvalue weighted by molar-refractivity contribution is -0.144. The highest BCUT2D eigenvalue weighted by Crippen LogP contribution is 2.31. The van der Waals surface area contributed by atoms with Crippen molar-refractivity contribution in [2.45, 2.75) is 72.6 Å². The molecule has 6 nitrogen and oxygen atoms in total. The number of carboxylic acids is 1. The lowest BCUT2D eigenvalue weighted by Gasteiger charge is -2.21. The Bertz CT molecular complexity index is 1560. The third-order valence-corrected chi connectivity index (χ3v) is 7.81. The maximum Gasteiger partial charge on any atom is 0.344 e. The van der Waals surface area contributed by atoms with Gasteiger partial charge in [0.1, 0.15) is 5.75 Å². The molecule has 210 valence electrons. The van der Waals surface area contributed by atoms with Crippen LogP contribution >= 0.6 is 11.6 Å². The van der Waals surface area contributed by atoms with Gasteiger partial charge >= 0.3 is 5.97 Å². The smallest absolute Gasteiger partial charge is 0.344 e. The quantitative estimate of drug-likeness (QED) is 0.232. The minimum absolute atomic E-state index is 0.0810. The molecule has 0 aliphatic rings. The predicted molar refractivity (Wildman–Crippen MR) is 161 cm³/mol. The number of fused-ring (bicyclic) bond motifs is 1. The topological polar surface area (TPSA) is 80.6 Å². The summed E-state index contributed by atoms with van der Waals surface area (Å²) in [5.74, 6) is -0.833. The number of nitrogens with zero attached hydrogens (tertiary/aromatic N) is 1. The Morgan fingerprint density at radius 2 is 1.68 bits per heavy atom. The van der Waals surface area contributed by atoms with Crippen molar-refractivity contribution in [3.8, 4) is 5.75 Å². The van der Waals surface area contributed by atoms with Crippen LogP contribution in [0.5, 0.6) is 5.75 Å². The van der Waals surface area contributed by atoms with Crippen LogP contribution in [-0.2, 0) is 16.8 Å². The molecule has 0 bridgehead atoms. The number of halogens is 1. The summed E-state index contributed by atoms with van der Waals surface area (Å²) in [6, 6.07) is 19.5. The van der Waals surface area contributed by atoms with Gasteiger partial charge in [0.05, 0.1) is 11.1 Å². The summed E-state index contributed by atoms with van der Waals surface area (Å²) < 4.78 is 7.64. The molecule has 40 heavy (non-hydrogen) atoms. The number of benzene rings is 3. The number of aryl methyl sites for hydroxylation is 1. The van der Waals surface area contributed by atoms with Crippen molar-refractivity contribution in [3.05, 3.63) is 99.2 Å². The minimum atomic E-state index is -1.05. The van der Waals surface area contributed by atoms with Gasteiger partial charge in [-0.15, -0.1) is 0 Å². The van der Waals surface area contributed by atoms with Crippen LogP contribution in [0.3, 0.4) is 0 Å². The van der Waals surface area contributed by atoms with Gasteiger partial charge in [-0.2, -0.15) is 0 Å². The first-order chi connectivity index (χ1) is 18.8. The van der Waals surface area contributed by atoms with Gasteiger partial charge in [-0.1, -0.05) is 62.7 Å². The highest BCUT2D eigenvalue weighted by atomic mass is 35.5. The number of ether oxygens (including phenoxy) is 1. The zero-order chi connectivity index (χ0) is 29.4. The van der Waals surface area contributed by atoms with E-state index in [4.69, 9.17) is 21.4 Å². The highest BCUT2D eigenvalue weighted by Gasteiger charge is 2.19. The molecule has 4 aromatic rings. The van der Waals surface area contributed by atoms with Crippen LogP contribution in [0, 0.1) is 13.8 Å². The third-order valence-electron chi connectivity index (χ3n) is 7.51. The van der Waals surface area contributed by atoms with E-state index in [0.29, 0.717) is 22.9 Å². The number of carboxylic acid groups (broad SMARTS) is 1. The Morgan fingerprint density at radius 1 is 1.00 bits per heavy atom. The molecule has 0 aliphatic carbocycles. The van der Waals surface area contributed by atoms with Gasteiger partial charge in [0.25, 0.3) is 5.91 Å². The van der Waals surface area contributed by atoms with E-state index in [9.17, 15) is 9.59 Å². The van der Waals surface area contributed by atoms with Gasteiger partial charge < -0.3 is 19.7 Å². The molecule has 3 aromatic carbocycles. The number of aromatic nitrogens is 1. The second-order valence-electron chi connectivity index (χ2n) is 11.5. The number of hydrogen-bond acceptors (Lipinski definition) is 3. The van der Waals surface area contributed by atoms with E-state index in [2.05, 4.69) is 68.8 Å². The van der Waals surface area contributed by atoms with E-state index >= 15 is 0 Å². The Labute approximate surface area is 240 Å². The van der Waals surface area contributed by atoms with E-state index in [1.807, 2.05) is 31.2 Å². The van der Waals surface area contributed by atoms with Crippen molar-refractivity contribution >= 4 is 34.4 Å². The Balaban J connectivity index is 1.53. The van der Waals surface area contributed by atoms with Gasteiger partial charge in [0.2, 0.25) is 0 Å². The second kappa shape index (κ2) is 11.4. The van der Waals surface area contributed by atoms with Crippen molar-refractivity contribution in [3.63, 3.8) is 0 Å². The molecule has 0 fully saturated rings. The number of amides is 1. The summed E-state index contributed by atoms with van der Waals surface area (Å²) in [5.41, 5.74) is 7.19. The molecule has 0 radical (unpaired) electrons. The number of carbonyl (C=O) groups is 2. The number of nitrogens with one attached hydrogen (secondary N) is 1. The monoisotopic (exact) mass is 560 g/mol. The first kappa shape index (κ1) is 29.2. The summed E-state index contributed by atoms with van der Waals surface area (Å²) in [4.78, 5) is 24.3. The Morgan fingerprint density at radius 3 is 2.27 bits per heavy atom. The molecule has 4 rings (SSSR count). The minimum Gasteiger partial charge on any atom is -0.479 e. The Hall–Kier alpha value is -3.77. The van der Waals surface area contributed by atoms with Crippen LogP contribution in [0.25, 0.3) is 10.9 Å². The number of rotatable bonds is 8. The molecule has 0 saturated carbocycles. The fraction of sp³-hybridized carbons (Fsp3) is 0.333. The molecule has 0 spiro atoms. The number of aliphatic carboxylic acids is 1. The maximum atomic E-state index is 13.2. The van der Waals surface area contributed by atoms with Crippen LogP contribution in [0.4, 0.5) is 0 Å². The van der Waals surface area contributed by atoms with E-state index in [1.54, 1.807) is 12.1 Å². The first-order valence-corrected chi connectivity index (χ1v) is 13.8. The fourth-order valence-electron chi connectivity index (χ4n) is 4.79. The lowest BCUT2D eigenvalue weighted by Crippen LogP contribution is -2.26. The van der Waals surface area contributed by atoms with Gasteiger partial charge in [-0.25, -0.2) is 4.79 Å². The zero-order valence-electron chi connectivity index (χ0n) is 24.1. The molecule has 1 aromatic heterocycles. The van der Waals surface area contributed by atoms with Gasteiger partial charge in [0, 0.05) is 28.7 Å². The molecule has 0 unspecified atom stereocenters. The molecular weight excluding hydrogens is 524 g/mol. The predicted octanol–water partition coefficient (Wildman–Crippen LogP) is 7.60. The lowest BCUT2D eigenvalue weighted by atomic mass is 9.86. The molecule has 1 heterocycles. The van der Waals surface area contributed by atoms with Crippen molar-refractivity contribution < 1.29 is 19.4 Å². The number of carbonyl (C=O) groups excluding carboxylic acids is 1. The summed E-state index contributed by atoms with van der Waals surface area (Å²) in [5, 5.41) is 13.6. The van der Waals surface area contributed by atoms with Crippen LogP contribution < -0.4 is 10.1 Å². The van der Waals surface area contributed by atoms with Crippen molar-refractivity contribution in [2.24, 2.45) is 0 Å². The molecule has 0 aliphatic heterocycles. The normalized spacial score (nSPS) is 13.2. The van der Waals surface area contributed by atoms with Crippen LogP contribution in [0.2, 0.25) is 5.02 Å². The second-order valence-corrected chi connectivity index (χ2v) is 11.9. The molecular formula is C33H37ClN2O4. The highest BCUT2D eigenvalue weighted by molar-refractivity contribution is 6.32. The van der Waals surface area contributed by atoms with E-state index in [-0.39, 0.29) is 17.4 Å². The van der Waals surface area contributed by atoms with Crippen LogP contribution in [0.15, 0.2) is 60.7 Å². The first-order valence-electron chi connectivity index (χ1n) is 13.4. The van der Waals surface area contributed by atoms with Crippen molar-refractivity contribution in [1.29, 1.82) is 0 Å². The average molecular weight is 561 g/mol. The summed E-state index contributed by atoms with van der Waals surface area (Å²) in [7, 11) is 0. The van der Waals surface area contributed by atoms with Crippen LogP contribution in [0.1, 0.15) is 79.0 Å². The average Bonchev–Trinajstić information content (AvgIpc) is 3.13. The third kappa shape index (κ3) is 6.18. The zero-order valence-corrected chi connectivity index (χ0v) is 24.9. The standard InChI is InChI=1S/C33H37ClN2O4/c1-19-21(3)36(18-23-8-15-30(28(34)16-23)40-22(4)32(38)39)29-14-11-25(17-27(19)29)31(37)35-20(2)24-9-12-26(13-10-24)33(5,6)7/h8-17,20,22H,18H2,1-7H3,(H,35,37)(H,38,39)/t20-,22-/m0/s1. The Kier molecular flexibility index (Phi) is 8.31. The summed E-state index contributed by atoms with van der Waals surface area (Å²) in [6.07, 6.45) is -0.995. The number of hydrogen-bond donors (Lipinski definition) is 2.